The van der Waals surface area contributed by atoms with Crippen molar-refractivity contribution in [2.75, 3.05) is 11.9 Å². The molecule has 1 aromatic heterocycles. The Morgan fingerprint density at radius 2 is 1.96 bits per heavy atom. The lowest BCUT2D eigenvalue weighted by atomic mass is 9.70. The lowest BCUT2D eigenvalue weighted by Crippen LogP contribution is -2.60. The topological polar surface area (TPSA) is 62.3 Å². The van der Waals surface area contributed by atoms with Gasteiger partial charge in [0, 0.05) is 18.3 Å². The van der Waals surface area contributed by atoms with Gasteiger partial charge >= 0.3 is 0 Å². The van der Waals surface area contributed by atoms with Gasteiger partial charge in [0.25, 0.3) is 5.91 Å². The zero-order chi connectivity index (χ0) is 19.7. The van der Waals surface area contributed by atoms with Crippen molar-refractivity contribution in [2.45, 2.75) is 51.0 Å². The Morgan fingerprint density at radius 3 is 2.64 bits per heavy atom. The van der Waals surface area contributed by atoms with Crippen molar-refractivity contribution in [3.05, 3.63) is 59.9 Å². The predicted octanol–water partition coefficient (Wildman–Crippen LogP) is 4.23. The number of rotatable bonds is 4. The van der Waals surface area contributed by atoms with Gasteiger partial charge in [-0.2, -0.15) is 0 Å². The van der Waals surface area contributed by atoms with E-state index in [0.29, 0.717) is 23.7 Å². The van der Waals surface area contributed by atoms with Crippen LogP contribution in [0.25, 0.3) is 0 Å². The summed E-state index contributed by atoms with van der Waals surface area (Å²) in [4.78, 5) is 33.1. The SMILES string of the molecule is CC(C)CN1C(=O)c2ccccc2[C@H](C(=O)Nc2cccnc2)C12CCCC2. The molecule has 5 heteroatoms. The monoisotopic (exact) mass is 377 g/mol. The third-order valence-corrected chi connectivity index (χ3v) is 6.03. The minimum Gasteiger partial charge on any atom is -0.332 e. The van der Waals surface area contributed by atoms with Gasteiger partial charge in [0.15, 0.2) is 0 Å². The fourth-order valence-electron chi connectivity index (χ4n) is 4.95. The van der Waals surface area contributed by atoms with Crippen molar-refractivity contribution in [1.82, 2.24) is 9.88 Å². The van der Waals surface area contributed by atoms with Gasteiger partial charge in [-0.3, -0.25) is 14.6 Å². The summed E-state index contributed by atoms with van der Waals surface area (Å²) in [5, 5.41) is 3.05. The molecule has 146 valence electrons. The number of carbonyl (C=O) groups excluding carboxylic acids is 2. The average molecular weight is 377 g/mol. The molecule has 1 atom stereocenters. The van der Waals surface area contributed by atoms with Crippen LogP contribution in [0.4, 0.5) is 5.69 Å². The van der Waals surface area contributed by atoms with Crippen molar-refractivity contribution >= 4 is 17.5 Å². The number of carbonyl (C=O) groups is 2. The molecular weight excluding hydrogens is 350 g/mol. The van der Waals surface area contributed by atoms with Gasteiger partial charge in [-0.1, -0.05) is 44.9 Å². The van der Waals surface area contributed by atoms with Gasteiger partial charge < -0.3 is 10.2 Å². The average Bonchev–Trinajstić information content (AvgIpc) is 3.16. The molecule has 0 radical (unpaired) electrons. The molecule has 2 heterocycles. The van der Waals surface area contributed by atoms with E-state index in [0.717, 1.165) is 31.2 Å². The Hall–Kier alpha value is -2.69. The molecule has 1 N–H and O–H groups in total. The summed E-state index contributed by atoms with van der Waals surface area (Å²) in [6, 6.07) is 11.3. The number of nitrogens with one attached hydrogen (secondary N) is 1. The summed E-state index contributed by atoms with van der Waals surface area (Å²) in [5.41, 5.74) is 1.76. The molecule has 1 aliphatic heterocycles. The van der Waals surface area contributed by atoms with Crippen LogP contribution in [0.5, 0.6) is 0 Å². The largest absolute Gasteiger partial charge is 0.332 e. The number of amides is 2. The van der Waals surface area contributed by atoms with E-state index in [1.807, 2.05) is 41.3 Å². The summed E-state index contributed by atoms with van der Waals surface area (Å²) in [5.74, 6) is -0.0168. The number of hydrogen-bond donors (Lipinski definition) is 1. The van der Waals surface area contributed by atoms with Crippen molar-refractivity contribution in [1.29, 1.82) is 0 Å². The lowest BCUT2D eigenvalue weighted by Gasteiger charge is -2.50. The maximum atomic E-state index is 13.6. The first-order valence-electron chi connectivity index (χ1n) is 10.1. The van der Waals surface area contributed by atoms with E-state index in [-0.39, 0.29) is 17.7 Å². The number of aromatic nitrogens is 1. The molecule has 1 aliphatic carbocycles. The van der Waals surface area contributed by atoms with Crippen LogP contribution in [0.1, 0.15) is 61.4 Å². The second kappa shape index (κ2) is 7.38. The van der Waals surface area contributed by atoms with E-state index in [4.69, 9.17) is 0 Å². The fourth-order valence-corrected chi connectivity index (χ4v) is 4.95. The Morgan fingerprint density at radius 1 is 1.21 bits per heavy atom. The molecule has 1 fully saturated rings. The molecule has 2 amide bonds. The Balaban J connectivity index is 1.81. The number of hydrogen-bond acceptors (Lipinski definition) is 3. The molecule has 28 heavy (non-hydrogen) atoms. The van der Waals surface area contributed by atoms with E-state index in [9.17, 15) is 9.59 Å². The molecule has 1 aromatic carbocycles. The van der Waals surface area contributed by atoms with Crippen molar-refractivity contribution in [3.63, 3.8) is 0 Å². The van der Waals surface area contributed by atoms with E-state index in [1.165, 1.54) is 0 Å². The molecular formula is C23H27N3O2. The van der Waals surface area contributed by atoms with Gasteiger partial charge in [0.2, 0.25) is 5.91 Å². The Labute approximate surface area is 166 Å². The van der Waals surface area contributed by atoms with Gasteiger partial charge in [-0.05, 0) is 42.5 Å². The minimum atomic E-state index is -0.442. The van der Waals surface area contributed by atoms with Crippen molar-refractivity contribution in [3.8, 4) is 0 Å². The number of anilines is 1. The highest BCUT2D eigenvalue weighted by atomic mass is 16.2. The number of nitrogens with zero attached hydrogens (tertiary/aromatic N) is 2. The molecule has 2 aliphatic rings. The predicted molar refractivity (Wildman–Crippen MR) is 109 cm³/mol. The first-order valence-corrected chi connectivity index (χ1v) is 10.1. The zero-order valence-corrected chi connectivity index (χ0v) is 16.5. The molecule has 5 nitrogen and oxygen atoms in total. The van der Waals surface area contributed by atoms with Crippen LogP contribution >= 0.6 is 0 Å². The van der Waals surface area contributed by atoms with Gasteiger partial charge in [0.1, 0.15) is 0 Å². The van der Waals surface area contributed by atoms with E-state index >= 15 is 0 Å². The van der Waals surface area contributed by atoms with Gasteiger partial charge in [-0.25, -0.2) is 0 Å². The Bertz CT molecular complexity index is 872. The summed E-state index contributed by atoms with van der Waals surface area (Å²) in [6.07, 6.45) is 7.16. The number of pyridine rings is 1. The van der Waals surface area contributed by atoms with E-state index < -0.39 is 5.54 Å². The highest BCUT2D eigenvalue weighted by Gasteiger charge is 2.55. The quantitative estimate of drug-likeness (QED) is 0.867. The van der Waals surface area contributed by atoms with Gasteiger partial charge in [0.05, 0.1) is 23.3 Å². The summed E-state index contributed by atoms with van der Waals surface area (Å²) in [6.45, 7) is 4.92. The normalized spacial score (nSPS) is 20.5. The maximum absolute atomic E-state index is 13.6. The molecule has 1 saturated carbocycles. The van der Waals surface area contributed by atoms with E-state index in [1.54, 1.807) is 12.4 Å². The van der Waals surface area contributed by atoms with Crippen LogP contribution in [-0.2, 0) is 4.79 Å². The van der Waals surface area contributed by atoms with Crippen LogP contribution in [0.2, 0.25) is 0 Å². The van der Waals surface area contributed by atoms with Crippen LogP contribution in [0, 0.1) is 5.92 Å². The van der Waals surface area contributed by atoms with Crippen LogP contribution in [-0.4, -0.2) is 33.8 Å². The lowest BCUT2D eigenvalue weighted by molar-refractivity contribution is -0.121. The zero-order valence-electron chi connectivity index (χ0n) is 16.5. The second-order valence-corrected chi connectivity index (χ2v) is 8.37. The molecule has 0 saturated heterocycles. The van der Waals surface area contributed by atoms with Crippen LogP contribution in [0.15, 0.2) is 48.8 Å². The number of fused-ring (bicyclic) bond motifs is 1. The molecule has 1 spiro atoms. The third kappa shape index (κ3) is 3.09. The minimum absolute atomic E-state index is 0.0522. The van der Waals surface area contributed by atoms with Crippen LogP contribution in [0.3, 0.4) is 0 Å². The highest BCUT2D eigenvalue weighted by Crippen LogP contribution is 2.50. The molecule has 0 bridgehead atoms. The van der Waals surface area contributed by atoms with Crippen molar-refractivity contribution < 1.29 is 9.59 Å². The molecule has 0 unspecified atom stereocenters. The maximum Gasteiger partial charge on any atom is 0.254 e. The van der Waals surface area contributed by atoms with Gasteiger partial charge in [-0.15, -0.1) is 0 Å². The third-order valence-electron chi connectivity index (χ3n) is 6.03. The first kappa shape index (κ1) is 18.7. The second-order valence-electron chi connectivity index (χ2n) is 8.37. The summed E-state index contributed by atoms with van der Waals surface area (Å²) in [7, 11) is 0. The molecule has 4 rings (SSSR count). The summed E-state index contributed by atoms with van der Waals surface area (Å²) < 4.78 is 0. The fraction of sp³-hybridized carbons (Fsp3) is 0.435. The Kier molecular flexibility index (Phi) is 4.92. The standard InChI is InChI=1S/C23H27N3O2/c1-16(2)15-26-22(28)19-10-4-3-9-18(19)20(23(26)11-5-6-12-23)21(27)25-17-8-7-13-24-14-17/h3-4,7-10,13-14,16,20H,5-6,11-12,15H2,1-2H3,(H,25,27)/t20-/m1/s1. The van der Waals surface area contributed by atoms with Crippen molar-refractivity contribution in [2.24, 2.45) is 5.92 Å². The first-order chi connectivity index (χ1) is 13.5. The smallest absolute Gasteiger partial charge is 0.254 e. The molecule has 2 aromatic rings. The van der Waals surface area contributed by atoms with Crippen LogP contribution < -0.4 is 5.32 Å². The van der Waals surface area contributed by atoms with E-state index in [2.05, 4.69) is 24.1 Å². The number of benzene rings is 1. The highest BCUT2D eigenvalue weighted by molar-refractivity contribution is 6.05. The summed E-state index contributed by atoms with van der Waals surface area (Å²) >= 11 is 0.